The quantitative estimate of drug-likeness (QED) is 0.118. The van der Waals surface area contributed by atoms with Gasteiger partial charge in [-0.05, 0) is 6.07 Å². The number of imidazole rings is 1. The Balaban J connectivity index is 0.000000194. The number of hydrogen-bond acceptors (Lipinski definition) is 14. The smallest absolute Gasteiger partial charge is 0.390 e. The van der Waals surface area contributed by atoms with Crippen LogP contribution in [-0.2, 0) is 27.7 Å². The number of hydrogen-bond donors (Lipinski definition) is 8. The molecular formula is C19H27N7O14P2. The van der Waals surface area contributed by atoms with Crippen molar-refractivity contribution in [2.24, 2.45) is 0 Å². The average molecular weight is 639 g/mol. The van der Waals surface area contributed by atoms with Crippen molar-refractivity contribution in [1.29, 1.82) is 0 Å². The van der Waals surface area contributed by atoms with Crippen LogP contribution in [0.25, 0.3) is 11.2 Å². The molecule has 0 radical (unpaired) electrons. The van der Waals surface area contributed by atoms with Crippen molar-refractivity contribution in [1.82, 2.24) is 29.1 Å². The molecule has 2 aliphatic rings. The van der Waals surface area contributed by atoms with E-state index in [1.54, 1.807) is 0 Å². The first-order chi connectivity index (χ1) is 19.6. The van der Waals surface area contributed by atoms with Gasteiger partial charge in [-0.3, -0.25) is 23.0 Å². The predicted molar refractivity (Wildman–Crippen MR) is 136 cm³/mol. The van der Waals surface area contributed by atoms with Crippen molar-refractivity contribution < 1.29 is 57.4 Å². The highest BCUT2D eigenvalue weighted by molar-refractivity contribution is 7.46. The zero-order valence-corrected chi connectivity index (χ0v) is 23.0. The van der Waals surface area contributed by atoms with E-state index in [0.717, 1.165) is 4.57 Å². The van der Waals surface area contributed by atoms with E-state index in [9.17, 15) is 28.9 Å². The van der Waals surface area contributed by atoms with E-state index in [-0.39, 0.29) is 29.8 Å². The van der Waals surface area contributed by atoms with E-state index in [2.05, 4.69) is 29.0 Å². The Morgan fingerprint density at radius 2 is 1.69 bits per heavy atom. The van der Waals surface area contributed by atoms with Gasteiger partial charge in [0.15, 0.2) is 17.4 Å². The number of phosphoric acid groups is 2. The topological polar surface area (TPSA) is 317 Å². The fraction of sp³-hybridized carbons (Fsp3) is 0.526. The third-order valence-corrected chi connectivity index (χ3v) is 6.98. The molecular weight excluding hydrogens is 612 g/mol. The third kappa shape index (κ3) is 8.13. The summed E-state index contributed by atoms with van der Waals surface area (Å²) in [5.74, 6) is 0.0418. The Morgan fingerprint density at radius 1 is 1.00 bits per heavy atom. The van der Waals surface area contributed by atoms with Crippen LogP contribution in [-0.4, -0.2) is 96.5 Å². The fourth-order valence-corrected chi connectivity index (χ4v) is 4.87. The van der Waals surface area contributed by atoms with E-state index in [0.29, 0.717) is 0 Å². The normalized spacial score (nSPS) is 26.3. The van der Waals surface area contributed by atoms with Gasteiger partial charge in [-0.2, -0.15) is 4.98 Å². The Labute approximate surface area is 234 Å². The standard InChI is InChI=1S/C10H13N4O7P.C9H14N3O7P/c15-5-1-7(21-6(5)2-20-22(17,18)19)14-4-13-8-9(14)11-3-12-10(8)16;10-7-1-2-12(9(14)11-7)8-6(13)3-5(19-8)4-18-20(15,16)17/h3-7,15H,1-2H2,(H,11,12,16)(H2,17,18,19);1-2,5-6,8,13H,3-4H2,(H2,10,11,14)(H2,15,16,17)/t5-,6+,7+;5-,6+,8+/m00/s1. The molecule has 9 N–H and O–H groups in total. The summed E-state index contributed by atoms with van der Waals surface area (Å²) in [5.41, 5.74) is 4.68. The van der Waals surface area contributed by atoms with Gasteiger partial charge in [0.25, 0.3) is 5.56 Å². The molecule has 0 unspecified atom stereocenters. The maximum atomic E-state index is 11.6. The number of aliphatic hydroxyl groups excluding tert-OH is 2. The van der Waals surface area contributed by atoms with Crippen LogP contribution in [0, 0.1) is 0 Å². The lowest BCUT2D eigenvalue weighted by Gasteiger charge is -2.17. The summed E-state index contributed by atoms with van der Waals surface area (Å²) in [5, 5.41) is 19.7. The highest BCUT2D eigenvalue weighted by atomic mass is 31.2. The van der Waals surface area contributed by atoms with Gasteiger partial charge in [-0.15, -0.1) is 0 Å². The van der Waals surface area contributed by atoms with Crippen LogP contribution in [0.4, 0.5) is 5.82 Å². The number of aromatic nitrogens is 6. The molecule has 0 spiro atoms. The van der Waals surface area contributed by atoms with Gasteiger partial charge in [0, 0.05) is 19.0 Å². The van der Waals surface area contributed by atoms with E-state index in [1.165, 1.54) is 29.5 Å². The Kier molecular flexibility index (Phi) is 9.72. The second-order valence-corrected chi connectivity index (χ2v) is 11.5. The number of anilines is 1. The molecule has 2 aliphatic heterocycles. The Bertz CT molecular complexity index is 1600. The van der Waals surface area contributed by atoms with Crippen molar-refractivity contribution in [3.8, 4) is 0 Å². The molecule has 2 saturated heterocycles. The number of fused-ring (bicyclic) bond motifs is 1. The van der Waals surface area contributed by atoms with Gasteiger partial charge in [-0.1, -0.05) is 0 Å². The minimum Gasteiger partial charge on any atom is -0.390 e. The average Bonchev–Trinajstić information content (AvgIpc) is 3.58. The number of nitrogen functional groups attached to an aromatic ring is 1. The molecule has 6 atom stereocenters. The molecule has 23 heteroatoms. The van der Waals surface area contributed by atoms with E-state index in [1.807, 2.05) is 0 Å². The predicted octanol–water partition coefficient (Wildman–Crippen LogP) is -2.54. The molecule has 2 fully saturated rings. The zero-order valence-electron chi connectivity index (χ0n) is 21.3. The lowest BCUT2D eigenvalue weighted by molar-refractivity contribution is -0.0524. The lowest BCUT2D eigenvalue weighted by Crippen LogP contribution is -2.31. The molecule has 0 saturated carbocycles. The van der Waals surface area contributed by atoms with Crippen molar-refractivity contribution in [2.75, 3.05) is 18.9 Å². The number of ether oxygens (including phenoxy) is 2. The number of nitrogens with two attached hydrogens (primary N) is 1. The number of aliphatic hydroxyl groups is 2. The van der Waals surface area contributed by atoms with E-state index >= 15 is 0 Å². The molecule has 0 aromatic carbocycles. The zero-order chi connectivity index (χ0) is 30.8. The van der Waals surface area contributed by atoms with Crippen LogP contribution < -0.4 is 17.0 Å². The summed E-state index contributed by atoms with van der Waals surface area (Å²) in [6.45, 7) is -0.850. The number of nitrogens with one attached hydrogen (secondary N) is 1. The number of aromatic amines is 1. The molecule has 5 heterocycles. The highest BCUT2D eigenvalue weighted by Crippen LogP contribution is 2.39. The molecule has 0 bridgehead atoms. The monoisotopic (exact) mass is 639 g/mol. The first-order valence-corrected chi connectivity index (χ1v) is 15.0. The van der Waals surface area contributed by atoms with Crippen LogP contribution in [0.1, 0.15) is 25.3 Å². The number of rotatable bonds is 8. The minimum absolute atomic E-state index is 0.0418. The summed E-state index contributed by atoms with van der Waals surface area (Å²) in [6, 6.07) is 1.37. The Morgan fingerprint density at radius 3 is 2.36 bits per heavy atom. The Hall–Kier alpha value is -2.91. The SMILES string of the molecule is Nc1ccn([C@@H]2O[C@H](COP(=O)(O)O)C[C@H]2O)c(=O)n1.O=c1[nH]cnc2c1ncn2[C@H]1C[C@H](O)[C@@H](COP(=O)(O)O)O1. The van der Waals surface area contributed by atoms with Gasteiger partial charge < -0.3 is 50.0 Å². The number of H-pyrrole nitrogens is 1. The second kappa shape index (κ2) is 12.8. The van der Waals surface area contributed by atoms with Gasteiger partial charge in [0.2, 0.25) is 0 Å². The molecule has 232 valence electrons. The fourth-order valence-electron chi connectivity index (χ4n) is 4.17. The summed E-state index contributed by atoms with van der Waals surface area (Å²) < 4.78 is 43.3. The van der Waals surface area contributed by atoms with Gasteiger partial charge in [0.1, 0.15) is 24.3 Å². The lowest BCUT2D eigenvalue weighted by atomic mass is 10.2. The summed E-state index contributed by atoms with van der Waals surface area (Å²) in [6.07, 6.45) is -1.19. The van der Waals surface area contributed by atoms with Gasteiger partial charge >= 0.3 is 21.3 Å². The first-order valence-electron chi connectivity index (χ1n) is 11.9. The molecule has 3 aromatic heterocycles. The summed E-state index contributed by atoms with van der Waals surface area (Å²) >= 11 is 0. The molecule has 3 aromatic rings. The largest absolute Gasteiger partial charge is 0.469 e. The van der Waals surface area contributed by atoms with Crippen molar-refractivity contribution >= 4 is 32.6 Å². The number of nitrogens with zero attached hydrogens (tertiary/aromatic N) is 5. The third-order valence-electron chi connectivity index (χ3n) is 6.01. The highest BCUT2D eigenvalue weighted by Gasteiger charge is 2.38. The minimum atomic E-state index is -4.64. The van der Waals surface area contributed by atoms with Gasteiger partial charge in [0.05, 0.1) is 38.1 Å². The van der Waals surface area contributed by atoms with Gasteiger partial charge in [-0.25, -0.2) is 23.9 Å². The maximum absolute atomic E-state index is 11.6. The summed E-state index contributed by atoms with van der Waals surface area (Å²) in [4.78, 5) is 71.6. The van der Waals surface area contributed by atoms with Crippen molar-refractivity contribution in [2.45, 2.75) is 49.7 Å². The van der Waals surface area contributed by atoms with Crippen LogP contribution in [0.3, 0.4) is 0 Å². The molecule has 5 rings (SSSR count). The second-order valence-electron chi connectivity index (χ2n) is 9.05. The van der Waals surface area contributed by atoms with E-state index < -0.39 is 77.0 Å². The molecule has 0 aliphatic carbocycles. The van der Waals surface area contributed by atoms with E-state index in [4.69, 9.17) is 34.8 Å². The van der Waals surface area contributed by atoms with Crippen molar-refractivity contribution in [3.05, 3.63) is 45.8 Å². The number of phosphoric ester groups is 2. The molecule has 0 amide bonds. The first kappa shape index (κ1) is 32.0. The van der Waals surface area contributed by atoms with Crippen LogP contribution in [0.15, 0.2) is 34.5 Å². The van der Waals surface area contributed by atoms with Crippen LogP contribution in [0.2, 0.25) is 0 Å². The maximum Gasteiger partial charge on any atom is 0.469 e. The molecule has 42 heavy (non-hydrogen) atoms. The van der Waals surface area contributed by atoms with Crippen LogP contribution in [0.5, 0.6) is 0 Å². The molecule has 21 nitrogen and oxygen atoms in total. The summed E-state index contributed by atoms with van der Waals surface area (Å²) in [7, 11) is -9.24. The van der Waals surface area contributed by atoms with Crippen molar-refractivity contribution in [3.63, 3.8) is 0 Å². The van der Waals surface area contributed by atoms with Crippen LogP contribution >= 0.6 is 15.6 Å².